The lowest BCUT2D eigenvalue weighted by atomic mass is 10.0. The van der Waals surface area contributed by atoms with E-state index in [1.807, 2.05) is 24.3 Å². The van der Waals surface area contributed by atoms with Crippen LogP contribution in [0.1, 0.15) is 26.3 Å². The minimum absolute atomic E-state index is 0.507. The van der Waals surface area contributed by atoms with Gasteiger partial charge in [0.1, 0.15) is 0 Å². The quantitative estimate of drug-likeness (QED) is 0.758. The highest BCUT2D eigenvalue weighted by molar-refractivity contribution is 5.78. The highest BCUT2D eigenvalue weighted by Crippen LogP contribution is 2.30. The summed E-state index contributed by atoms with van der Waals surface area (Å²) in [6.45, 7) is 14.8. The Labute approximate surface area is 127 Å². The van der Waals surface area contributed by atoms with E-state index in [1.54, 1.807) is 0 Å². The molecule has 2 rings (SSSR count). The van der Waals surface area contributed by atoms with Crippen LogP contribution in [0.3, 0.4) is 0 Å². The Balaban J connectivity index is 2.11. The first-order valence-corrected chi connectivity index (χ1v) is 7.41. The summed E-state index contributed by atoms with van der Waals surface area (Å²) in [7, 11) is 0. The van der Waals surface area contributed by atoms with Crippen LogP contribution in [0.5, 0.6) is 0 Å². The van der Waals surface area contributed by atoms with Crippen molar-refractivity contribution < 1.29 is 0 Å². The van der Waals surface area contributed by atoms with Gasteiger partial charge < -0.3 is 5.32 Å². The SMILES string of the molecule is [C-]#[N+]c1ccccc1-c1ccc(CN[C@H](C)C(C)C)cc1. The van der Waals surface area contributed by atoms with Crippen LogP contribution in [0.25, 0.3) is 16.0 Å². The van der Waals surface area contributed by atoms with Gasteiger partial charge in [-0.25, -0.2) is 4.85 Å². The van der Waals surface area contributed by atoms with Crippen LogP contribution >= 0.6 is 0 Å². The van der Waals surface area contributed by atoms with Gasteiger partial charge in [-0.3, -0.25) is 0 Å². The van der Waals surface area contributed by atoms with Crippen molar-refractivity contribution in [1.29, 1.82) is 0 Å². The maximum atomic E-state index is 7.24. The zero-order valence-electron chi connectivity index (χ0n) is 12.9. The molecule has 0 aromatic heterocycles. The molecule has 1 N–H and O–H groups in total. The number of nitrogens with zero attached hydrogens (tertiary/aromatic N) is 1. The van der Waals surface area contributed by atoms with Gasteiger partial charge in [-0.2, -0.15) is 0 Å². The average Bonchev–Trinajstić information content (AvgIpc) is 2.53. The van der Waals surface area contributed by atoms with Gasteiger partial charge in [-0.15, -0.1) is 0 Å². The van der Waals surface area contributed by atoms with Gasteiger partial charge in [-0.05, 0) is 29.5 Å². The van der Waals surface area contributed by atoms with Crippen LogP contribution in [0.4, 0.5) is 5.69 Å². The molecule has 0 bridgehead atoms. The number of hydrogen-bond acceptors (Lipinski definition) is 1. The van der Waals surface area contributed by atoms with Gasteiger partial charge in [0.15, 0.2) is 5.69 Å². The lowest BCUT2D eigenvalue weighted by Gasteiger charge is -2.17. The zero-order valence-corrected chi connectivity index (χ0v) is 12.9. The molecule has 0 fully saturated rings. The molecule has 0 spiro atoms. The summed E-state index contributed by atoms with van der Waals surface area (Å²) in [6, 6.07) is 16.7. The van der Waals surface area contributed by atoms with Crippen LogP contribution in [0, 0.1) is 12.5 Å². The molecule has 2 nitrogen and oxygen atoms in total. The number of nitrogens with one attached hydrogen (secondary N) is 1. The van der Waals surface area contributed by atoms with Crippen molar-refractivity contribution in [3.05, 3.63) is 65.5 Å². The van der Waals surface area contributed by atoms with E-state index in [9.17, 15) is 0 Å². The topological polar surface area (TPSA) is 16.4 Å². The zero-order chi connectivity index (χ0) is 15.2. The predicted molar refractivity (Wildman–Crippen MR) is 89.3 cm³/mol. The molecule has 21 heavy (non-hydrogen) atoms. The first-order valence-electron chi connectivity index (χ1n) is 7.41. The van der Waals surface area contributed by atoms with Crippen molar-refractivity contribution >= 4 is 5.69 Å². The molecule has 0 amide bonds. The normalized spacial score (nSPS) is 12.1. The third-order valence-electron chi connectivity index (χ3n) is 3.92. The highest BCUT2D eigenvalue weighted by atomic mass is 14.9. The van der Waals surface area contributed by atoms with E-state index < -0.39 is 0 Å². The van der Waals surface area contributed by atoms with Gasteiger partial charge in [0.2, 0.25) is 0 Å². The van der Waals surface area contributed by atoms with Gasteiger partial charge in [0.05, 0.1) is 6.57 Å². The van der Waals surface area contributed by atoms with E-state index in [4.69, 9.17) is 6.57 Å². The molecule has 0 unspecified atom stereocenters. The van der Waals surface area contributed by atoms with E-state index in [2.05, 4.69) is 55.2 Å². The lowest BCUT2D eigenvalue weighted by molar-refractivity contribution is 0.426. The molecule has 0 saturated heterocycles. The van der Waals surface area contributed by atoms with Crippen LogP contribution in [0.15, 0.2) is 48.5 Å². The standard InChI is InChI=1S/C19H22N2/c1-14(2)15(3)21-13-16-9-11-17(12-10-16)18-7-5-6-8-19(18)20-4/h5-12,14-15,21H,13H2,1-3H3/t15-/m1/s1. The Morgan fingerprint density at radius 2 is 1.67 bits per heavy atom. The molecule has 0 aliphatic heterocycles. The van der Waals surface area contributed by atoms with E-state index in [0.717, 1.165) is 17.7 Å². The maximum absolute atomic E-state index is 7.24. The molecule has 0 saturated carbocycles. The molecule has 2 aromatic rings. The van der Waals surface area contributed by atoms with Crippen molar-refractivity contribution in [2.75, 3.05) is 0 Å². The monoisotopic (exact) mass is 278 g/mol. The summed E-state index contributed by atoms with van der Waals surface area (Å²) in [4.78, 5) is 3.59. The third-order valence-corrected chi connectivity index (χ3v) is 3.92. The van der Waals surface area contributed by atoms with Crippen molar-refractivity contribution in [2.24, 2.45) is 5.92 Å². The molecule has 0 heterocycles. The fourth-order valence-electron chi connectivity index (χ4n) is 2.13. The summed E-state index contributed by atoms with van der Waals surface area (Å²) in [5.41, 5.74) is 4.08. The van der Waals surface area contributed by atoms with Crippen LogP contribution in [0.2, 0.25) is 0 Å². The molecule has 0 radical (unpaired) electrons. The number of benzene rings is 2. The Morgan fingerprint density at radius 3 is 2.29 bits per heavy atom. The smallest absolute Gasteiger partial charge is 0.194 e. The Hall–Kier alpha value is -2.11. The fourth-order valence-corrected chi connectivity index (χ4v) is 2.13. The lowest BCUT2D eigenvalue weighted by Crippen LogP contribution is -2.30. The van der Waals surface area contributed by atoms with Gasteiger partial charge >= 0.3 is 0 Å². The van der Waals surface area contributed by atoms with E-state index in [1.165, 1.54) is 5.56 Å². The predicted octanol–water partition coefficient (Wildman–Crippen LogP) is 5.04. The second-order valence-electron chi connectivity index (χ2n) is 5.74. The van der Waals surface area contributed by atoms with Crippen LogP contribution < -0.4 is 5.32 Å². The molecule has 108 valence electrons. The first-order chi connectivity index (χ1) is 10.1. The summed E-state index contributed by atoms with van der Waals surface area (Å²) in [5, 5.41) is 3.53. The minimum Gasteiger partial charge on any atom is -0.310 e. The van der Waals surface area contributed by atoms with Crippen molar-refractivity contribution in [3.8, 4) is 11.1 Å². The Bertz CT molecular complexity index is 621. The number of para-hydroxylation sites is 1. The van der Waals surface area contributed by atoms with E-state index in [-0.39, 0.29) is 0 Å². The maximum Gasteiger partial charge on any atom is 0.194 e. The van der Waals surface area contributed by atoms with Gasteiger partial charge in [0.25, 0.3) is 0 Å². The van der Waals surface area contributed by atoms with Gasteiger partial charge in [0, 0.05) is 12.6 Å². The Kier molecular flexibility index (Phi) is 5.14. The molecule has 0 aliphatic carbocycles. The van der Waals surface area contributed by atoms with Crippen molar-refractivity contribution in [3.63, 3.8) is 0 Å². The van der Waals surface area contributed by atoms with Gasteiger partial charge in [-0.1, -0.05) is 62.4 Å². The number of hydrogen-bond donors (Lipinski definition) is 1. The third kappa shape index (κ3) is 3.93. The molecule has 0 aliphatic rings. The van der Waals surface area contributed by atoms with Crippen LogP contribution in [-0.2, 0) is 6.54 Å². The Morgan fingerprint density at radius 1 is 1.00 bits per heavy atom. The van der Waals surface area contributed by atoms with E-state index >= 15 is 0 Å². The average molecular weight is 278 g/mol. The van der Waals surface area contributed by atoms with Crippen molar-refractivity contribution in [2.45, 2.75) is 33.4 Å². The summed E-state index contributed by atoms with van der Waals surface area (Å²) in [5.74, 6) is 0.634. The largest absolute Gasteiger partial charge is 0.310 e. The highest BCUT2D eigenvalue weighted by Gasteiger charge is 2.07. The molecule has 2 heteroatoms. The van der Waals surface area contributed by atoms with E-state index in [0.29, 0.717) is 17.6 Å². The minimum atomic E-state index is 0.507. The molecule has 1 atom stereocenters. The molecular weight excluding hydrogens is 256 g/mol. The second kappa shape index (κ2) is 7.06. The molecular formula is C19H22N2. The summed E-state index contributed by atoms with van der Waals surface area (Å²) < 4.78 is 0. The summed E-state index contributed by atoms with van der Waals surface area (Å²) in [6.07, 6.45) is 0. The van der Waals surface area contributed by atoms with Crippen molar-refractivity contribution in [1.82, 2.24) is 5.32 Å². The summed E-state index contributed by atoms with van der Waals surface area (Å²) >= 11 is 0. The fraction of sp³-hybridized carbons (Fsp3) is 0.316. The van der Waals surface area contributed by atoms with Crippen LogP contribution in [-0.4, -0.2) is 6.04 Å². The molecule has 2 aromatic carbocycles. The second-order valence-corrected chi connectivity index (χ2v) is 5.74. The number of rotatable bonds is 5. The first kappa shape index (κ1) is 15.3.